The smallest absolute Gasteiger partial charge is 0.234 e. The summed E-state index contributed by atoms with van der Waals surface area (Å²) >= 11 is 0. The number of ketones is 1. The zero-order valence-electron chi connectivity index (χ0n) is 13.7. The van der Waals surface area contributed by atoms with Crippen molar-refractivity contribution in [2.24, 2.45) is 0 Å². The molecule has 126 valence electrons. The number of hydrogen-bond acceptors (Lipinski definition) is 4. The number of Topliss-reactive ketones (excluding diaryl/α,β-unsaturated/α-hetero) is 1. The number of amides is 1. The van der Waals surface area contributed by atoms with E-state index in [4.69, 9.17) is 0 Å². The summed E-state index contributed by atoms with van der Waals surface area (Å²) in [4.78, 5) is 23.3. The van der Waals surface area contributed by atoms with Gasteiger partial charge in [0.2, 0.25) is 5.91 Å². The molecule has 1 aliphatic carbocycles. The molecule has 3 rings (SSSR count). The van der Waals surface area contributed by atoms with Crippen molar-refractivity contribution in [3.63, 3.8) is 0 Å². The van der Waals surface area contributed by atoms with Crippen LogP contribution in [0.15, 0.2) is 48.2 Å². The summed E-state index contributed by atoms with van der Waals surface area (Å²) in [6, 6.07) is 8.28. The van der Waals surface area contributed by atoms with Gasteiger partial charge in [-0.05, 0) is 43.4 Å². The highest BCUT2D eigenvalue weighted by atomic mass is 16.2. The molecule has 3 N–H and O–H groups in total. The van der Waals surface area contributed by atoms with Crippen molar-refractivity contribution < 1.29 is 9.59 Å². The van der Waals surface area contributed by atoms with Crippen LogP contribution >= 0.6 is 0 Å². The average Bonchev–Trinajstić information content (AvgIpc) is 2.59. The van der Waals surface area contributed by atoms with Crippen LogP contribution in [-0.2, 0) is 9.59 Å². The van der Waals surface area contributed by atoms with E-state index in [1.165, 1.54) is 0 Å². The van der Waals surface area contributed by atoms with Crippen molar-refractivity contribution >= 4 is 17.4 Å². The van der Waals surface area contributed by atoms with E-state index in [9.17, 15) is 9.59 Å². The molecule has 1 aromatic carbocycles. The Hall–Kier alpha value is -2.40. The van der Waals surface area contributed by atoms with Crippen LogP contribution in [0.5, 0.6) is 0 Å². The van der Waals surface area contributed by atoms with E-state index in [2.05, 4.69) is 34.9 Å². The SMILES string of the molecule is C=CCC1=C(Nc2ccc(C3CCC(=O)NN3)cc2)CCCC1=O. The Balaban J connectivity index is 1.71. The lowest BCUT2D eigenvalue weighted by atomic mass is 9.92. The first-order valence-electron chi connectivity index (χ1n) is 8.45. The third-order valence-corrected chi connectivity index (χ3v) is 4.53. The van der Waals surface area contributed by atoms with Crippen molar-refractivity contribution in [3.8, 4) is 0 Å². The Morgan fingerprint density at radius 1 is 1.17 bits per heavy atom. The molecule has 5 nitrogen and oxygen atoms in total. The predicted molar refractivity (Wildman–Crippen MR) is 94.0 cm³/mol. The predicted octanol–water partition coefficient (Wildman–Crippen LogP) is 3.14. The summed E-state index contributed by atoms with van der Waals surface area (Å²) in [7, 11) is 0. The number of benzene rings is 1. The van der Waals surface area contributed by atoms with Gasteiger partial charge >= 0.3 is 0 Å². The second-order valence-electron chi connectivity index (χ2n) is 6.26. The molecule has 0 saturated carbocycles. The van der Waals surface area contributed by atoms with Crippen molar-refractivity contribution in [3.05, 3.63) is 53.8 Å². The van der Waals surface area contributed by atoms with Gasteiger partial charge in [-0.2, -0.15) is 0 Å². The van der Waals surface area contributed by atoms with Crippen LogP contribution in [0.4, 0.5) is 5.69 Å². The first-order valence-corrected chi connectivity index (χ1v) is 8.45. The van der Waals surface area contributed by atoms with Gasteiger partial charge in [-0.1, -0.05) is 18.2 Å². The molecule has 1 atom stereocenters. The molecule has 0 aromatic heterocycles. The van der Waals surface area contributed by atoms with Crippen LogP contribution in [0.3, 0.4) is 0 Å². The van der Waals surface area contributed by atoms with Gasteiger partial charge < -0.3 is 5.32 Å². The van der Waals surface area contributed by atoms with Crippen LogP contribution in [-0.4, -0.2) is 11.7 Å². The minimum Gasteiger partial charge on any atom is -0.359 e. The fourth-order valence-electron chi connectivity index (χ4n) is 3.22. The van der Waals surface area contributed by atoms with E-state index < -0.39 is 0 Å². The summed E-state index contributed by atoms with van der Waals surface area (Å²) in [6.45, 7) is 3.75. The van der Waals surface area contributed by atoms with E-state index in [0.29, 0.717) is 19.3 Å². The van der Waals surface area contributed by atoms with Crippen LogP contribution in [0.25, 0.3) is 0 Å². The number of hydrogen-bond donors (Lipinski definition) is 3. The Morgan fingerprint density at radius 3 is 2.62 bits per heavy atom. The molecule has 1 aromatic rings. The Kier molecular flexibility index (Phi) is 5.11. The largest absolute Gasteiger partial charge is 0.359 e. The number of anilines is 1. The fourth-order valence-corrected chi connectivity index (χ4v) is 3.22. The maximum atomic E-state index is 12.1. The minimum absolute atomic E-state index is 0.0354. The third-order valence-electron chi connectivity index (χ3n) is 4.53. The molecule has 1 amide bonds. The van der Waals surface area contributed by atoms with Gasteiger partial charge in [-0.3, -0.25) is 15.0 Å². The molecule has 2 aliphatic rings. The van der Waals surface area contributed by atoms with Crippen molar-refractivity contribution in [1.82, 2.24) is 10.9 Å². The van der Waals surface area contributed by atoms with Gasteiger partial charge in [0.25, 0.3) is 0 Å². The quantitative estimate of drug-likeness (QED) is 0.728. The van der Waals surface area contributed by atoms with Gasteiger partial charge in [-0.25, -0.2) is 5.43 Å². The molecule has 1 fully saturated rings. The van der Waals surface area contributed by atoms with Crippen LogP contribution in [0.2, 0.25) is 0 Å². The highest BCUT2D eigenvalue weighted by Gasteiger charge is 2.20. The average molecular weight is 325 g/mol. The van der Waals surface area contributed by atoms with Gasteiger partial charge in [0.05, 0.1) is 6.04 Å². The second kappa shape index (κ2) is 7.45. The fraction of sp³-hybridized carbons (Fsp3) is 0.368. The molecule has 1 saturated heterocycles. The zero-order chi connectivity index (χ0) is 16.9. The molecule has 0 spiro atoms. The number of carbonyl (C=O) groups excluding carboxylic acids is 2. The lowest BCUT2D eigenvalue weighted by molar-refractivity contribution is -0.124. The topological polar surface area (TPSA) is 70.2 Å². The Labute approximate surface area is 142 Å². The maximum absolute atomic E-state index is 12.1. The number of carbonyl (C=O) groups is 2. The normalized spacial score (nSPS) is 21.4. The van der Waals surface area contributed by atoms with Gasteiger partial charge in [0.15, 0.2) is 5.78 Å². The monoisotopic (exact) mass is 325 g/mol. The molecule has 1 heterocycles. The number of nitrogens with one attached hydrogen (secondary N) is 3. The summed E-state index contributed by atoms with van der Waals surface area (Å²) in [5.41, 5.74) is 9.70. The first-order chi connectivity index (χ1) is 11.7. The van der Waals surface area contributed by atoms with Crippen molar-refractivity contribution in [2.45, 2.75) is 44.6 Å². The molecular weight excluding hydrogens is 302 g/mol. The molecule has 5 heteroatoms. The van der Waals surface area contributed by atoms with Crippen LogP contribution in [0, 0.1) is 0 Å². The lowest BCUT2D eigenvalue weighted by Gasteiger charge is -2.24. The highest BCUT2D eigenvalue weighted by molar-refractivity contribution is 5.97. The van der Waals surface area contributed by atoms with E-state index in [1.807, 2.05) is 12.1 Å². The number of allylic oxidation sites excluding steroid dienone is 3. The van der Waals surface area contributed by atoms with Gasteiger partial charge in [-0.15, -0.1) is 6.58 Å². The molecular formula is C19H23N3O2. The van der Waals surface area contributed by atoms with E-state index in [-0.39, 0.29) is 17.7 Å². The zero-order valence-corrected chi connectivity index (χ0v) is 13.7. The van der Waals surface area contributed by atoms with E-state index >= 15 is 0 Å². The summed E-state index contributed by atoms with van der Waals surface area (Å²) < 4.78 is 0. The maximum Gasteiger partial charge on any atom is 0.234 e. The Bertz CT molecular complexity index is 666. The molecule has 1 unspecified atom stereocenters. The van der Waals surface area contributed by atoms with E-state index in [0.717, 1.165) is 41.8 Å². The van der Waals surface area contributed by atoms with E-state index in [1.54, 1.807) is 6.08 Å². The highest BCUT2D eigenvalue weighted by Crippen LogP contribution is 2.27. The van der Waals surface area contributed by atoms with Crippen molar-refractivity contribution in [1.29, 1.82) is 0 Å². The van der Waals surface area contributed by atoms with Crippen molar-refractivity contribution in [2.75, 3.05) is 5.32 Å². The summed E-state index contributed by atoms with van der Waals surface area (Å²) in [5, 5.41) is 3.40. The first kappa shape index (κ1) is 16.5. The number of rotatable bonds is 5. The van der Waals surface area contributed by atoms with Gasteiger partial charge in [0.1, 0.15) is 0 Å². The summed E-state index contributed by atoms with van der Waals surface area (Å²) in [5.74, 6) is 0.260. The summed E-state index contributed by atoms with van der Waals surface area (Å²) in [6.07, 6.45) is 6.15. The third kappa shape index (κ3) is 3.74. The van der Waals surface area contributed by atoms with Gasteiger partial charge in [0, 0.05) is 29.8 Å². The van der Waals surface area contributed by atoms with Crippen LogP contribution < -0.4 is 16.2 Å². The standard InChI is InChI=1S/C19H23N3O2/c1-2-4-15-17(5-3-6-18(15)23)20-14-9-7-13(8-10-14)16-11-12-19(24)22-21-16/h2,7-10,16,20-21H,1,3-6,11-12H2,(H,22,24). The number of hydrazine groups is 1. The van der Waals surface area contributed by atoms with Crippen LogP contribution in [0.1, 0.15) is 50.1 Å². The molecule has 0 radical (unpaired) electrons. The molecule has 24 heavy (non-hydrogen) atoms. The Morgan fingerprint density at radius 2 is 1.96 bits per heavy atom. The minimum atomic E-state index is 0.0354. The lowest BCUT2D eigenvalue weighted by Crippen LogP contribution is -2.44. The molecule has 0 bridgehead atoms. The molecule has 1 aliphatic heterocycles. The second-order valence-corrected chi connectivity index (χ2v) is 6.26.